The normalized spacial score (nSPS) is 9.75. The summed E-state index contributed by atoms with van der Waals surface area (Å²) in [6.45, 7) is 5.24. The zero-order chi connectivity index (χ0) is 15.1. The first-order chi connectivity index (χ1) is 9.38. The third-order valence-electron chi connectivity index (χ3n) is 2.75. The summed E-state index contributed by atoms with van der Waals surface area (Å²) in [7, 11) is 0. The van der Waals surface area contributed by atoms with E-state index in [0.29, 0.717) is 5.69 Å². The molecular weight excluding hydrogens is 258 g/mol. The van der Waals surface area contributed by atoms with Crippen molar-refractivity contribution in [1.82, 2.24) is 10.9 Å². The van der Waals surface area contributed by atoms with Gasteiger partial charge in [-0.2, -0.15) is 0 Å². The Morgan fingerprint density at radius 3 is 2.20 bits per heavy atom. The minimum absolute atomic E-state index is 0.0109. The zero-order valence-electron chi connectivity index (χ0n) is 11.9. The van der Waals surface area contributed by atoms with Gasteiger partial charge in [-0.3, -0.25) is 25.2 Å². The van der Waals surface area contributed by atoms with E-state index in [1.54, 1.807) is 0 Å². The lowest BCUT2D eigenvalue weighted by Crippen LogP contribution is -2.40. The number of carbonyl (C=O) groups is 3. The second-order valence-corrected chi connectivity index (χ2v) is 4.58. The van der Waals surface area contributed by atoms with Gasteiger partial charge in [-0.1, -0.05) is 6.07 Å². The minimum Gasteiger partial charge on any atom is -0.326 e. The van der Waals surface area contributed by atoms with Crippen LogP contribution < -0.4 is 16.2 Å². The Kier molecular flexibility index (Phi) is 5.71. The molecule has 1 aromatic carbocycles. The summed E-state index contributed by atoms with van der Waals surface area (Å²) in [5.41, 5.74) is 7.31. The molecule has 3 amide bonds. The lowest BCUT2D eigenvalue weighted by molar-refractivity contribution is -0.128. The lowest BCUT2D eigenvalue weighted by Gasteiger charge is -2.08. The number of carbonyl (C=O) groups excluding carboxylic acids is 3. The molecule has 0 heterocycles. The Morgan fingerprint density at radius 1 is 0.950 bits per heavy atom. The molecule has 0 spiro atoms. The molecule has 6 nitrogen and oxygen atoms in total. The van der Waals surface area contributed by atoms with Gasteiger partial charge in [-0.25, -0.2) is 0 Å². The van der Waals surface area contributed by atoms with E-state index in [9.17, 15) is 14.4 Å². The Bertz CT molecular complexity index is 526. The van der Waals surface area contributed by atoms with Gasteiger partial charge in [0.2, 0.25) is 17.7 Å². The van der Waals surface area contributed by atoms with Crippen molar-refractivity contribution in [2.45, 2.75) is 33.6 Å². The maximum atomic E-state index is 11.7. The van der Waals surface area contributed by atoms with Gasteiger partial charge in [0.15, 0.2) is 0 Å². The first-order valence-electron chi connectivity index (χ1n) is 6.31. The van der Waals surface area contributed by atoms with Crippen molar-refractivity contribution in [3.8, 4) is 0 Å². The van der Waals surface area contributed by atoms with Gasteiger partial charge in [0, 0.05) is 25.5 Å². The molecule has 108 valence electrons. The second kappa shape index (κ2) is 7.28. The molecule has 0 saturated heterocycles. The predicted octanol–water partition coefficient (Wildman–Crippen LogP) is 1.19. The van der Waals surface area contributed by atoms with E-state index in [4.69, 9.17) is 0 Å². The highest BCUT2D eigenvalue weighted by Crippen LogP contribution is 2.14. The van der Waals surface area contributed by atoms with E-state index in [1.165, 1.54) is 6.92 Å². The number of aryl methyl sites for hydroxylation is 2. The minimum atomic E-state index is -0.407. The van der Waals surface area contributed by atoms with Crippen LogP contribution in [0, 0.1) is 13.8 Å². The topological polar surface area (TPSA) is 87.3 Å². The van der Waals surface area contributed by atoms with E-state index < -0.39 is 5.91 Å². The largest absolute Gasteiger partial charge is 0.326 e. The number of amides is 3. The number of benzene rings is 1. The number of hydrazine groups is 1. The summed E-state index contributed by atoms with van der Waals surface area (Å²) < 4.78 is 0. The van der Waals surface area contributed by atoms with E-state index in [2.05, 4.69) is 16.2 Å². The van der Waals surface area contributed by atoms with Gasteiger partial charge < -0.3 is 5.32 Å². The van der Waals surface area contributed by atoms with Gasteiger partial charge in [0.1, 0.15) is 0 Å². The summed E-state index contributed by atoms with van der Waals surface area (Å²) in [5.74, 6) is -1.01. The molecule has 0 fully saturated rings. The number of hydrogen-bond acceptors (Lipinski definition) is 3. The Morgan fingerprint density at radius 2 is 1.60 bits per heavy atom. The smallest absolute Gasteiger partial charge is 0.238 e. The third kappa shape index (κ3) is 5.51. The summed E-state index contributed by atoms with van der Waals surface area (Å²) >= 11 is 0. The average Bonchev–Trinajstić information content (AvgIpc) is 2.38. The van der Waals surface area contributed by atoms with E-state index in [-0.39, 0.29) is 24.7 Å². The van der Waals surface area contributed by atoms with Crippen molar-refractivity contribution in [2.75, 3.05) is 5.32 Å². The van der Waals surface area contributed by atoms with E-state index >= 15 is 0 Å². The summed E-state index contributed by atoms with van der Waals surface area (Å²) in [5, 5.41) is 2.72. The fourth-order valence-corrected chi connectivity index (χ4v) is 1.49. The second-order valence-electron chi connectivity index (χ2n) is 4.58. The van der Waals surface area contributed by atoms with E-state index in [0.717, 1.165) is 11.1 Å². The van der Waals surface area contributed by atoms with Crippen LogP contribution in [-0.4, -0.2) is 17.7 Å². The highest BCUT2D eigenvalue weighted by atomic mass is 16.2. The van der Waals surface area contributed by atoms with Crippen LogP contribution >= 0.6 is 0 Å². The van der Waals surface area contributed by atoms with Crippen LogP contribution in [0.4, 0.5) is 5.69 Å². The first kappa shape index (κ1) is 15.7. The molecule has 1 aromatic rings. The molecule has 0 aromatic heterocycles. The Labute approximate surface area is 117 Å². The number of nitrogens with one attached hydrogen (secondary N) is 3. The molecule has 0 unspecified atom stereocenters. The van der Waals surface area contributed by atoms with Crippen LogP contribution in [0.15, 0.2) is 18.2 Å². The quantitative estimate of drug-likeness (QED) is 0.722. The maximum Gasteiger partial charge on any atom is 0.238 e. The van der Waals surface area contributed by atoms with Crippen molar-refractivity contribution in [2.24, 2.45) is 0 Å². The van der Waals surface area contributed by atoms with Crippen molar-refractivity contribution in [1.29, 1.82) is 0 Å². The molecule has 0 bridgehead atoms. The SMILES string of the molecule is CC(=O)NNC(=O)CCC(=O)Nc1ccc(C)c(C)c1. The van der Waals surface area contributed by atoms with Crippen LogP contribution in [0.3, 0.4) is 0 Å². The summed E-state index contributed by atoms with van der Waals surface area (Å²) in [6, 6.07) is 5.62. The van der Waals surface area contributed by atoms with Gasteiger partial charge in [-0.15, -0.1) is 0 Å². The molecule has 6 heteroatoms. The highest BCUT2D eigenvalue weighted by Gasteiger charge is 2.07. The van der Waals surface area contributed by atoms with Gasteiger partial charge in [0.05, 0.1) is 0 Å². The highest BCUT2D eigenvalue weighted by molar-refractivity contribution is 5.93. The van der Waals surface area contributed by atoms with Crippen LogP contribution in [0.5, 0.6) is 0 Å². The third-order valence-corrected chi connectivity index (χ3v) is 2.75. The zero-order valence-corrected chi connectivity index (χ0v) is 11.9. The first-order valence-corrected chi connectivity index (χ1v) is 6.31. The van der Waals surface area contributed by atoms with Crippen LogP contribution in [0.2, 0.25) is 0 Å². The predicted molar refractivity (Wildman–Crippen MR) is 75.7 cm³/mol. The fourth-order valence-electron chi connectivity index (χ4n) is 1.49. The van der Waals surface area contributed by atoms with Crippen molar-refractivity contribution >= 4 is 23.4 Å². The molecule has 0 saturated carbocycles. The maximum absolute atomic E-state index is 11.7. The Balaban J connectivity index is 2.38. The number of rotatable bonds is 4. The lowest BCUT2D eigenvalue weighted by atomic mass is 10.1. The summed E-state index contributed by atoms with van der Waals surface area (Å²) in [6.07, 6.45) is 0.0648. The fraction of sp³-hybridized carbons (Fsp3) is 0.357. The Hall–Kier alpha value is -2.37. The summed E-state index contributed by atoms with van der Waals surface area (Å²) in [4.78, 5) is 33.6. The van der Waals surface area contributed by atoms with Crippen molar-refractivity contribution in [3.63, 3.8) is 0 Å². The molecule has 1 rings (SSSR count). The molecule has 0 radical (unpaired) electrons. The average molecular weight is 277 g/mol. The molecule has 0 atom stereocenters. The van der Waals surface area contributed by atoms with Gasteiger partial charge in [0.25, 0.3) is 0 Å². The molecule has 0 aliphatic rings. The molecule has 3 N–H and O–H groups in total. The standard InChI is InChI=1S/C14H19N3O3/c1-9-4-5-12(8-10(9)2)15-13(19)6-7-14(20)17-16-11(3)18/h4-5,8H,6-7H2,1-3H3,(H,15,19)(H,16,18)(H,17,20). The monoisotopic (exact) mass is 277 g/mol. The molecule has 0 aliphatic heterocycles. The van der Waals surface area contributed by atoms with E-state index in [1.807, 2.05) is 32.0 Å². The van der Waals surface area contributed by atoms with Gasteiger partial charge in [-0.05, 0) is 37.1 Å². The molecular formula is C14H19N3O3. The van der Waals surface area contributed by atoms with Gasteiger partial charge >= 0.3 is 0 Å². The van der Waals surface area contributed by atoms with Crippen LogP contribution in [0.1, 0.15) is 30.9 Å². The van der Waals surface area contributed by atoms with Crippen molar-refractivity contribution in [3.05, 3.63) is 29.3 Å². The van der Waals surface area contributed by atoms with Crippen molar-refractivity contribution < 1.29 is 14.4 Å². The van der Waals surface area contributed by atoms with Crippen LogP contribution in [-0.2, 0) is 14.4 Å². The number of hydrogen-bond donors (Lipinski definition) is 3. The number of anilines is 1. The molecule has 0 aliphatic carbocycles. The van der Waals surface area contributed by atoms with Crippen LogP contribution in [0.25, 0.3) is 0 Å². The molecule has 20 heavy (non-hydrogen) atoms.